The van der Waals surface area contributed by atoms with E-state index in [1.54, 1.807) is 12.1 Å². The van der Waals surface area contributed by atoms with Gasteiger partial charge < -0.3 is 15.1 Å². The number of ether oxygens (including phenoxy) is 1. The van der Waals surface area contributed by atoms with Gasteiger partial charge in [0.15, 0.2) is 0 Å². The van der Waals surface area contributed by atoms with E-state index in [-0.39, 0.29) is 17.6 Å². The minimum Gasteiger partial charge on any atom is -0.489 e. The Morgan fingerprint density at radius 3 is 2.68 bits per heavy atom. The molecule has 0 fully saturated rings. The molecule has 114 valence electrons. The summed E-state index contributed by atoms with van der Waals surface area (Å²) in [5.41, 5.74) is 4.39. The number of hydrogen-bond acceptors (Lipinski definition) is 4. The molecule has 2 aromatic carbocycles. The van der Waals surface area contributed by atoms with E-state index >= 15 is 0 Å². The second-order valence-corrected chi connectivity index (χ2v) is 5.36. The zero-order valence-corrected chi connectivity index (χ0v) is 11.9. The fourth-order valence-corrected chi connectivity index (χ4v) is 2.91. The maximum Gasteiger partial charge on any atom is 0.335 e. The quantitative estimate of drug-likeness (QED) is 0.756. The molecule has 0 aromatic heterocycles. The van der Waals surface area contributed by atoms with Crippen LogP contribution in [0.1, 0.15) is 33.8 Å². The SMILES string of the molecule is O=C(O)c1ccc2c(c1)C(c1ccccc1)CC(CNO)O2. The molecule has 5 heteroatoms. The first-order valence-electron chi connectivity index (χ1n) is 7.15. The molecule has 0 amide bonds. The van der Waals surface area contributed by atoms with Crippen molar-refractivity contribution in [2.24, 2.45) is 0 Å². The Bertz CT molecular complexity index is 672. The third kappa shape index (κ3) is 2.81. The number of aromatic carboxylic acids is 1. The molecule has 2 aromatic rings. The van der Waals surface area contributed by atoms with Crippen molar-refractivity contribution in [2.75, 3.05) is 6.54 Å². The minimum absolute atomic E-state index is 0.0441. The molecular formula is C17H17NO4. The maximum atomic E-state index is 11.2. The summed E-state index contributed by atoms with van der Waals surface area (Å²) in [5, 5.41) is 18.1. The normalized spacial score (nSPS) is 20.0. The van der Waals surface area contributed by atoms with E-state index in [0.29, 0.717) is 18.7 Å². The molecule has 3 N–H and O–H groups in total. The van der Waals surface area contributed by atoms with Gasteiger partial charge in [-0.05, 0) is 30.2 Å². The zero-order valence-electron chi connectivity index (χ0n) is 11.9. The van der Waals surface area contributed by atoms with Gasteiger partial charge in [-0.2, -0.15) is 0 Å². The van der Waals surface area contributed by atoms with Crippen LogP contribution in [-0.2, 0) is 0 Å². The van der Waals surface area contributed by atoms with Gasteiger partial charge in [0.1, 0.15) is 11.9 Å². The number of carboxylic acid groups (broad SMARTS) is 1. The van der Waals surface area contributed by atoms with Gasteiger partial charge >= 0.3 is 5.97 Å². The summed E-state index contributed by atoms with van der Waals surface area (Å²) in [5.74, 6) is -0.235. The summed E-state index contributed by atoms with van der Waals surface area (Å²) >= 11 is 0. The number of rotatable bonds is 4. The molecule has 22 heavy (non-hydrogen) atoms. The fourth-order valence-electron chi connectivity index (χ4n) is 2.91. The summed E-state index contributed by atoms with van der Waals surface area (Å²) in [6.07, 6.45) is 0.506. The Kier molecular flexibility index (Phi) is 4.09. The third-order valence-corrected chi connectivity index (χ3v) is 3.95. The summed E-state index contributed by atoms with van der Waals surface area (Å²) < 4.78 is 5.84. The molecule has 0 saturated heterocycles. The average molecular weight is 299 g/mol. The van der Waals surface area contributed by atoms with Crippen LogP contribution in [0, 0.1) is 0 Å². The Labute approximate surface area is 128 Å². The van der Waals surface area contributed by atoms with Crippen molar-refractivity contribution < 1.29 is 19.8 Å². The van der Waals surface area contributed by atoms with Gasteiger partial charge in [-0.3, -0.25) is 0 Å². The maximum absolute atomic E-state index is 11.2. The average Bonchev–Trinajstić information content (AvgIpc) is 2.54. The number of carboxylic acids is 1. The standard InChI is InChI=1S/C17H17NO4/c19-17(20)12-6-7-16-15(8-12)14(9-13(22-16)10-18-21)11-4-2-1-3-5-11/h1-8,13-14,18,21H,9-10H2,(H,19,20). The molecule has 0 aliphatic carbocycles. The monoisotopic (exact) mass is 299 g/mol. The third-order valence-electron chi connectivity index (χ3n) is 3.95. The molecule has 5 nitrogen and oxygen atoms in total. The highest BCUT2D eigenvalue weighted by molar-refractivity contribution is 5.88. The van der Waals surface area contributed by atoms with Crippen LogP contribution in [0.25, 0.3) is 0 Å². The summed E-state index contributed by atoms with van der Waals surface area (Å²) in [4.78, 5) is 11.2. The minimum atomic E-state index is -0.950. The predicted molar refractivity (Wildman–Crippen MR) is 80.5 cm³/mol. The van der Waals surface area contributed by atoms with Crippen molar-refractivity contribution in [1.82, 2.24) is 5.48 Å². The molecule has 1 aliphatic heterocycles. The number of nitrogens with one attached hydrogen (secondary N) is 1. The topological polar surface area (TPSA) is 78.8 Å². The van der Waals surface area contributed by atoms with Crippen molar-refractivity contribution in [3.63, 3.8) is 0 Å². The molecule has 3 rings (SSSR count). The Balaban J connectivity index is 2.05. The smallest absolute Gasteiger partial charge is 0.335 e. The van der Waals surface area contributed by atoms with E-state index in [9.17, 15) is 9.90 Å². The van der Waals surface area contributed by atoms with Gasteiger partial charge in [-0.15, -0.1) is 0 Å². The van der Waals surface area contributed by atoms with Crippen LogP contribution in [0.5, 0.6) is 5.75 Å². The van der Waals surface area contributed by atoms with Crippen molar-refractivity contribution in [3.8, 4) is 5.75 Å². The molecule has 0 spiro atoms. The number of hydrogen-bond donors (Lipinski definition) is 3. The van der Waals surface area contributed by atoms with Crippen LogP contribution in [0.2, 0.25) is 0 Å². The van der Waals surface area contributed by atoms with Gasteiger partial charge in [0, 0.05) is 11.5 Å². The van der Waals surface area contributed by atoms with Crippen molar-refractivity contribution in [1.29, 1.82) is 0 Å². The number of fused-ring (bicyclic) bond motifs is 1. The first-order valence-corrected chi connectivity index (χ1v) is 7.15. The van der Waals surface area contributed by atoms with E-state index in [1.807, 2.05) is 30.3 Å². The molecule has 1 aliphatic rings. The fraction of sp³-hybridized carbons (Fsp3) is 0.235. The lowest BCUT2D eigenvalue weighted by Gasteiger charge is -2.32. The van der Waals surface area contributed by atoms with Gasteiger partial charge in [-0.1, -0.05) is 30.3 Å². The summed E-state index contributed by atoms with van der Waals surface area (Å²) in [7, 11) is 0. The Hall–Kier alpha value is -2.37. The Morgan fingerprint density at radius 1 is 1.23 bits per heavy atom. The molecule has 1 heterocycles. The number of benzene rings is 2. The molecule has 0 bridgehead atoms. The van der Waals surface area contributed by atoms with Crippen LogP contribution >= 0.6 is 0 Å². The summed E-state index contributed by atoms with van der Waals surface area (Å²) in [6.45, 7) is 0.323. The summed E-state index contributed by atoms with van der Waals surface area (Å²) in [6, 6.07) is 14.8. The van der Waals surface area contributed by atoms with Gasteiger partial charge in [0.05, 0.1) is 12.1 Å². The molecule has 0 radical (unpaired) electrons. The van der Waals surface area contributed by atoms with Crippen LogP contribution < -0.4 is 10.2 Å². The lowest BCUT2D eigenvalue weighted by atomic mass is 9.83. The largest absolute Gasteiger partial charge is 0.489 e. The van der Waals surface area contributed by atoms with Crippen LogP contribution in [0.3, 0.4) is 0 Å². The van der Waals surface area contributed by atoms with Crippen LogP contribution in [0.4, 0.5) is 0 Å². The van der Waals surface area contributed by atoms with Crippen LogP contribution in [-0.4, -0.2) is 28.9 Å². The molecular weight excluding hydrogens is 282 g/mol. The first-order chi connectivity index (χ1) is 10.7. The van der Waals surface area contributed by atoms with E-state index in [4.69, 9.17) is 9.94 Å². The Morgan fingerprint density at radius 2 is 2.00 bits per heavy atom. The second-order valence-electron chi connectivity index (χ2n) is 5.36. The zero-order chi connectivity index (χ0) is 15.5. The highest BCUT2D eigenvalue weighted by Gasteiger charge is 2.30. The predicted octanol–water partition coefficient (Wildman–Crippen LogP) is 2.65. The first kappa shape index (κ1) is 14.6. The van der Waals surface area contributed by atoms with Gasteiger partial charge in [0.2, 0.25) is 0 Å². The van der Waals surface area contributed by atoms with Gasteiger partial charge in [0.25, 0.3) is 0 Å². The van der Waals surface area contributed by atoms with E-state index in [0.717, 1.165) is 11.1 Å². The number of carbonyl (C=O) groups is 1. The second kappa shape index (κ2) is 6.17. The molecule has 2 unspecified atom stereocenters. The lowest BCUT2D eigenvalue weighted by molar-refractivity contribution is 0.0696. The highest BCUT2D eigenvalue weighted by Crippen LogP contribution is 2.40. The van der Waals surface area contributed by atoms with Crippen molar-refractivity contribution in [2.45, 2.75) is 18.4 Å². The van der Waals surface area contributed by atoms with Gasteiger partial charge in [-0.25, -0.2) is 10.3 Å². The number of hydroxylamine groups is 1. The lowest BCUT2D eigenvalue weighted by Crippen LogP contribution is -2.34. The molecule has 0 saturated carbocycles. The van der Waals surface area contributed by atoms with Crippen LogP contribution in [0.15, 0.2) is 48.5 Å². The van der Waals surface area contributed by atoms with E-state index < -0.39 is 5.97 Å². The van der Waals surface area contributed by atoms with Crippen molar-refractivity contribution >= 4 is 5.97 Å². The van der Waals surface area contributed by atoms with Crippen molar-refractivity contribution in [3.05, 3.63) is 65.2 Å². The molecule has 2 atom stereocenters. The van der Waals surface area contributed by atoms with E-state index in [1.165, 1.54) is 6.07 Å². The van der Waals surface area contributed by atoms with E-state index in [2.05, 4.69) is 5.48 Å². The highest BCUT2D eigenvalue weighted by atomic mass is 16.5.